The van der Waals surface area contributed by atoms with Crippen molar-refractivity contribution in [3.8, 4) is 22.3 Å². The van der Waals surface area contributed by atoms with Gasteiger partial charge in [0.1, 0.15) is 0 Å². The van der Waals surface area contributed by atoms with Crippen LogP contribution in [0.15, 0.2) is 119 Å². The number of H-pyrrole nitrogens is 4. The SMILES string of the molecule is CNCc1c(-c2ccccc2)c2[nH]c3ccccc3c2[nH]c1=O.NCc1c(-c2ccccc2)c2[nH]c3ccccc3c2[nH]c1=O. The van der Waals surface area contributed by atoms with Crippen molar-refractivity contribution in [1.29, 1.82) is 0 Å². The van der Waals surface area contributed by atoms with Crippen LogP contribution in [0.25, 0.3) is 66.1 Å². The zero-order valence-electron chi connectivity index (χ0n) is 24.7. The van der Waals surface area contributed by atoms with Crippen LogP contribution < -0.4 is 22.2 Å². The number of aromatic nitrogens is 4. The fourth-order valence-electron chi connectivity index (χ4n) is 6.21. The minimum Gasteiger partial charge on any atom is -0.353 e. The molecule has 222 valence electrons. The van der Waals surface area contributed by atoms with Crippen molar-refractivity contribution < 1.29 is 0 Å². The van der Waals surface area contributed by atoms with E-state index in [4.69, 9.17) is 5.73 Å². The van der Waals surface area contributed by atoms with Gasteiger partial charge in [-0.1, -0.05) is 97.1 Å². The molecule has 0 unspecified atom stereocenters. The Morgan fingerprint density at radius 2 is 0.956 bits per heavy atom. The zero-order chi connectivity index (χ0) is 30.9. The summed E-state index contributed by atoms with van der Waals surface area (Å²) >= 11 is 0. The second kappa shape index (κ2) is 11.8. The Kier molecular flexibility index (Phi) is 7.34. The third-order valence-corrected chi connectivity index (χ3v) is 8.22. The van der Waals surface area contributed by atoms with Crippen LogP contribution in [0.5, 0.6) is 0 Å². The number of fused-ring (bicyclic) bond motifs is 6. The molecule has 8 nitrogen and oxygen atoms in total. The topological polar surface area (TPSA) is 135 Å². The van der Waals surface area contributed by atoms with Gasteiger partial charge in [-0.05, 0) is 30.3 Å². The maximum absolute atomic E-state index is 12.6. The molecule has 0 saturated heterocycles. The fourth-order valence-corrected chi connectivity index (χ4v) is 6.21. The molecule has 0 aliphatic carbocycles. The van der Waals surface area contributed by atoms with E-state index in [0.29, 0.717) is 12.1 Å². The van der Waals surface area contributed by atoms with Crippen LogP contribution in [-0.4, -0.2) is 27.0 Å². The van der Waals surface area contributed by atoms with Gasteiger partial charge in [0, 0.05) is 57.1 Å². The summed E-state index contributed by atoms with van der Waals surface area (Å²) in [6.07, 6.45) is 0. The van der Waals surface area contributed by atoms with E-state index in [2.05, 4.69) is 25.3 Å². The second-order valence-corrected chi connectivity index (χ2v) is 10.9. The molecule has 8 rings (SSSR count). The number of nitrogens with two attached hydrogens (primary N) is 1. The maximum Gasteiger partial charge on any atom is 0.253 e. The quantitative estimate of drug-likeness (QED) is 0.135. The van der Waals surface area contributed by atoms with Crippen LogP contribution in [0.4, 0.5) is 0 Å². The summed E-state index contributed by atoms with van der Waals surface area (Å²) in [5.74, 6) is 0. The van der Waals surface area contributed by atoms with E-state index in [9.17, 15) is 9.59 Å². The van der Waals surface area contributed by atoms with E-state index < -0.39 is 0 Å². The van der Waals surface area contributed by atoms with E-state index in [1.807, 2.05) is 116 Å². The van der Waals surface area contributed by atoms with Gasteiger partial charge in [-0.25, -0.2) is 0 Å². The molecule has 0 fully saturated rings. The van der Waals surface area contributed by atoms with Crippen molar-refractivity contribution in [3.63, 3.8) is 0 Å². The highest BCUT2D eigenvalue weighted by Gasteiger charge is 2.18. The molecule has 4 heterocycles. The van der Waals surface area contributed by atoms with Crippen molar-refractivity contribution in [1.82, 2.24) is 25.3 Å². The van der Waals surface area contributed by atoms with Crippen LogP contribution in [0.2, 0.25) is 0 Å². The van der Waals surface area contributed by atoms with Gasteiger partial charge in [-0.3, -0.25) is 9.59 Å². The molecule has 0 aliphatic heterocycles. The summed E-state index contributed by atoms with van der Waals surface area (Å²) in [4.78, 5) is 38.0. The molecule has 0 bridgehead atoms. The molecule has 0 aliphatic rings. The first-order valence-electron chi connectivity index (χ1n) is 14.9. The Hall–Kier alpha value is -5.70. The number of pyridine rings is 2. The highest BCUT2D eigenvalue weighted by molar-refractivity contribution is 6.11. The Morgan fingerprint density at radius 1 is 0.533 bits per heavy atom. The van der Waals surface area contributed by atoms with Crippen LogP contribution in [0.1, 0.15) is 11.1 Å². The maximum atomic E-state index is 12.6. The largest absolute Gasteiger partial charge is 0.353 e. The third kappa shape index (κ3) is 4.92. The Balaban J connectivity index is 0.000000145. The van der Waals surface area contributed by atoms with Crippen LogP contribution >= 0.6 is 0 Å². The molecule has 45 heavy (non-hydrogen) atoms. The third-order valence-electron chi connectivity index (χ3n) is 8.22. The zero-order valence-corrected chi connectivity index (χ0v) is 24.7. The van der Waals surface area contributed by atoms with Gasteiger partial charge in [0.15, 0.2) is 0 Å². The van der Waals surface area contributed by atoms with Crippen LogP contribution in [0, 0.1) is 0 Å². The lowest BCUT2D eigenvalue weighted by Gasteiger charge is -2.10. The molecule has 8 heteroatoms. The monoisotopic (exact) mass is 592 g/mol. The Labute approximate surface area is 258 Å². The average molecular weight is 593 g/mol. The molecule has 0 saturated carbocycles. The Morgan fingerprint density at radius 3 is 1.42 bits per heavy atom. The molecule has 7 N–H and O–H groups in total. The first kappa shape index (κ1) is 28.1. The molecular formula is C37H32N6O2. The molecule has 0 spiro atoms. The van der Waals surface area contributed by atoms with E-state index in [-0.39, 0.29) is 17.7 Å². The second-order valence-electron chi connectivity index (χ2n) is 10.9. The van der Waals surface area contributed by atoms with Gasteiger partial charge in [0.2, 0.25) is 0 Å². The van der Waals surface area contributed by atoms with Crippen molar-refractivity contribution in [3.05, 3.63) is 141 Å². The first-order chi connectivity index (χ1) is 22.1. The number of hydrogen-bond acceptors (Lipinski definition) is 4. The molecular weight excluding hydrogens is 560 g/mol. The number of hydrogen-bond donors (Lipinski definition) is 6. The van der Waals surface area contributed by atoms with E-state index in [1.54, 1.807) is 0 Å². The predicted molar refractivity (Wildman–Crippen MR) is 184 cm³/mol. The smallest absolute Gasteiger partial charge is 0.253 e. The summed E-state index contributed by atoms with van der Waals surface area (Å²) in [5, 5.41) is 5.14. The van der Waals surface area contributed by atoms with Gasteiger partial charge in [0.25, 0.3) is 11.1 Å². The van der Waals surface area contributed by atoms with Gasteiger partial charge in [0.05, 0.1) is 22.1 Å². The van der Waals surface area contributed by atoms with Crippen LogP contribution in [0.3, 0.4) is 0 Å². The van der Waals surface area contributed by atoms with Gasteiger partial charge < -0.3 is 31.0 Å². The molecule has 4 aromatic carbocycles. The van der Waals surface area contributed by atoms with Gasteiger partial charge >= 0.3 is 0 Å². The lowest BCUT2D eigenvalue weighted by Crippen LogP contribution is -2.19. The van der Waals surface area contributed by atoms with Crippen molar-refractivity contribution >= 4 is 43.9 Å². The van der Waals surface area contributed by atoms with Crippen molar-refractivity contribution in [2.24, 2.45) is 5.73 Å². The molecule has 0 radical (unpaired) electrons. The lowest BCUT2D eigenvalue weighted by atomic mass is 9.99. The first-order valence-corrected chi connectivity index (χ1v) is 14.9. The number of rotatable bonds is 5. The predicted octanol–water partition coefficient (Wildman–Crippen LogP) is 6.53. The molecule has 8 aromatic rings. The average Bonchev–Trinajstić information content (AvgIpc) is 3.63. The fraction of sp³-hybridized carbons (Fsp3) is 0.0811. The summed E-state index contributed by atoms with van der Waals surface area (Å²) in [5.41, 5.74) is 16.5. The minimum absolute atomic E-state index is 0.0459. The van der Waals surface area contributed by atoms with Gasteiger partial charge in [-0.2, -0.15) is 0 Å². The molecule has 4 aromatic heterocycles. The Bertz CT molecular complexity index is 2420. The highest BCUT2D eigenvalue weighted by Crippen LogP contribution is 2.34. The lowest BCUT2D eigenvalue weighted by molar-refractivity contribution is 0.809. The number of nitrogens with one attached hydrogen (secondary N) is 5. The molecule has 0 amide bonds. The van der Waals surface area contributed by atoms with Crippen LogP contribution in [-0.2, 0) is 13.1 Å². The number of aromatic amines is 4. The highest BCUT2D eigenvalue weighted by atomic mass is 16.1. The minimum atomic E-state index is -0.126. The molecule has 0 atom stereocenters. The summed E-state index contributed by atoms with van der Waals surface area (Å²) < 4.78 is 0. The van der Waals surface area contributed by atoms with E-state index in [0.717, 1.165) is 71.7 Å². The summed E-state index contributed by atoms with van der Waals surface area (Å²) in [7, 11) is 1.85. The summed E-state index contributed by atoms with van der Waals surface area (Å²) in [6.45, 7) is 0.718. The van der Waals surface area contributed by atoms with Gasteiger partial charge in [-0.15, -0.1) is 0 Å². The summed E-state index contributed by atoms with van der Waals surface area (Å²) in [6, 6.07) is 35.9. The van der Waals surface area contributed by atoms with Crippen molar-refractivity contribution in [2.45, 2.75) is 13.1 Å². The number of benzene rings is 4. The van der Waals surface area contributed by atoms with E-state index >= 15 is 0 Å². The van der Waals surface area contributed by atoms with Crippen molar-refractivity contribution in [2.75, 3.05) is 7.05 Å². The number of para-hydroxylation sites is 2. The normalized spacial score (nSPS) is 11.3. The standard InChI is InChI=1S/C19H17N3O.C18H15N3O/c1-20-11-14-16(12-7-3-2-4-8-12)18-17(22-19(14)23)13-9-5-6-10-15(13)21-18;19-10-13-15(11-6-2-1-3-7-11)17-16(21-18(13)22)12-8-4-5-9-14(12)20-17/h2-10,20-21H,11H2,1H3,(H,22,23);1-9,20H,10,19H2,(H,21,22). The van der Waals surface area contributed by atoms with E-state index in [1.165, 1.54) is 0 Å².